The molecule has 0 saturated carbocycles. The zero-order chi connectivity index (χ0) is 11.1. The smallest absolute Gasteiger partial charge is 0.114 e. The minimum absolute atomic E-state index is 0.212. The Bertz CT molecular complexity index is 341. The fraction of sp³-hybridized carbons (Fsp3) is 0.727. The minimum Gasteiger partial charge on any atom is -0.318 e. The van der Waals surface area contributed by atoms with Gasteiger partial charge < -0.3 is 10.6 Å². The lowest BCUT2D eigenvalue weighted by Gasteiger charge is -2.37. The van der Waals surface area contributed by atoms with E-state index < -0.39 is 0 Å². The van der Waals surface area contributed by atoms with Gasteiger partial charge in [0.2, 0.25) is 0 Å². The van der Waals surface area contributed by atoms with Crippen LogP contribution in [0.2, 0.25) is 0 Å². The monoisotopic (exact) mass is 225 g/mol. The molecule has 1 aromatic rings. The van der Waals surface area contributed by atoms with Crippen LogP contribution in [0, 0.1) is 13.8 Å². The van der Waals surface area contributed by atoms with Gasteiger partial charge in [-0.15, -0.1) is 11.3 Å². The van der Waals surface area contributed by atoms with E-state index in [0.717, 1.165) is 30.2 Å². The Balaban J connectivity index is 2.27. The third-order valence-corrected chi connectivity index (χ3v) is 4.46. The van der Waals surface area contributed by atoms with Crippen molar-refractivity contribution in [3.63, 3.8) is 0 Å². The quantitative estimate of drug-likeness (QED) is 0.790. The van der Waals surface area contributed by atoms with Gasteiger partial charge in [-0.25, -0.2) is 4.98 Å². The molecule has 0 radical (unpaired) electrons. The van der Waals surface area contributed by atoms with Crippen molar-refractivity contribution in [2.24, 2.45) is 5.73 Å². The summed E-state index contributed by atoms with van der Waals surface area (Å²) in [6, 6.07) is 0. The number of thiazole rings is 1. The number of nitrogens with two attached hydrogens (primary N) is 1. The Morgan fingerprint density at radius 2 is 2.20 bits per heavy atom. The number of nitrogens with zero attached hydrogens (tertiary/aromatic N) is 2. The van der Waals surface area contributed by atoms with Crippen LogP contribution in [0.4, 0.5) is 0 Å². The third-order valence-electron chi connectivity index (χ3n) is 3.17. The van der Waals surface area contributed by atoms with Crippen molar-refractivity contribution < 1.29 is 0 Å². The molecule has 15 heavy (non-hydrogen) atoms. The Morgan fingerprint density at radius 3 is 2.73 bits per heavy atom. The van der Waals surface area contributed by atoms with Gasteiger partial charge in [0.05, 0.1) is 11.2 Å². The van der Waals surface area contributed by atoms with Crippen LogP contribution < -0.4 is 5.73 Å². The van der Waals surface area contributed by atoms with Crippen molar-refractivity contribution in [2.75, 3.05) is 20.1 Å². The summed E-state index contributed by atoms with van der Waals surface area (Å²) in [6.07, 6.45) is 2.23. The first kappa shape index (κ1) is 11.0. The Morgan fingerprint density at radius 1 is 1.47 bits per heavy atom. The van der Waals surface area contributed by atoms with Gasteiger partial charge in [-0.3, -0.25) is 0 Å². The first-order valence-corrected chi connectivity index (χ1v) is 6.25. The van der Waals surface area contributed by atoms with E-state index in [1.807, 2.05) is 0 Å². The average molecular weight is 225 g/mol. The standard InChI is InChI=1S/C11H19N3S/c1-8-9(2)15-10(13-8)11(12)5-4-6-14(3)7-11/h4-7,12H2,1-3H3. The predicted octanol–water partition coefficient (Wildman–Crippen LogP) is 1.64. The van der Waals surface area contributed by atoms with E-state index in [-0.39, 0.29) is 5.54 Å². The van der Waals surface area contributed by atoms with Crippen molar-refractivity contribution >= 4 is 11.3 Å². The van der Waals surface area contributed by atoms with E-state index in [1.54, 1.807) is 11.3 Å². The van der Waals surface area contributed by atoms with Gasteiger partial charge in [0.15, 0.2) is 0 Å². The maximum absolute atomic E-state index is 6.46. The summed E-state index contributed by atoms with van der Waals surface area (Å²) in [6.45, 7) is 6.26. The third kappa shape index (κ3) is 2.07. The molecule has 2 rings (SSSR count). The summed E-state index contributed by atoms with van der Waals surface area (Å²) < 4.78 is 0. The number of hydrogen-bond acceptors (Lipinski definition) is 4. The first-order valence-electron chi connectivity index (χ1n) is 5.43. The van der Waals surface area contributed by atoms with Gasteiger partial charge in [-0.1, -0.05) is 0 Å². The van der Waals surface area contributed by atoms with Crippen LogP contribution in [0.3, 0.4) is 0 Å². The average Bonchev–Trinajstić information content (AvgIpc) is 2.47. The summed E-state index contributed by atoms with van der Waals surface area (Å²) in [7, 11) is 2.13. The second kappa shape index (κ2) is 3.85. The minimum atomic E-state index is -0.212. The first-order chi connectivity index (χ1) is 7.01. The van der Waals surface area contributed by atoms with Crippen LogP contribution in [-0.4, -0.2) is 30.0 Å². The molecule has 0 bridgehead atoms. The largest absolute Gasteiger partial charge is 0.318 e. The van der Waals surface area contributed by atoms with E-state index in [9.17, 15) is 0 Å². The molecule has 1 atom stereocenters. The van der Waals surface area contributed by atoms with Gasteiger partial charge >= 0.3 is 0 Å². The molecular formula is C11H19N3S. The fourth-order valence-corrected chi connectivity index (χ4v) is 3.20. The molecule has 3 nitrogen and oxygen atoms in total. The normalized spacial score (nSPS) is 28.3. The molecule has 2 N–H and O–H groups in total. The molecule has 0 aliphatic carbocycles. The topological polar surface area (TPSA) is 42.1 Å². The lowest BCUT2D eigenvalue weighted by atomic mass is 9.91. The highest BCUT2D eigenvalue weighted by molar-refractivity contribution is 7.11. The van der Waals surface area contributed by atoms with Crippen LogP contribution in [0.1, 0.15) is 28.4 Å². The zero-order valence-electron chi connectivity index (χ0n) is 9.71. The molecular weight excluding hydrogens is 206 g/mol. The summed E-state index contributed by atoms with van der Waals surface area (Å²) in [4.78, 5) is 8.20. The highest BCUT2D eigenvalue weighted by Gasteiger charge is 2.34. The van der Waals surface area contributed by atoms with E-state index in [1.165, 1.54) is 11.3 Å². The number of likely N-dealkylation sites (tertiary alicyclic amines) is 1. The van der Waals surface area contributed by atoms with Crippen molar-refractivity contribution in [3.8, 4) is 0 Å². The van der Waals surface area contributed by atoms with Gasteiger partial charge in [-0.05, 0) is 40.3 Å². The molecule has 1 fully saturated rings. The lowest BCUT2D eigenvalue weighted by Crippen LogP contribution is -2.50. The molecule has 1 aliphatic heterocycles. The number of rotatable bonds is 1. The van der Waals surface area contributed by atoms with Gasteiger partial charge in [0.1, 0.15) is 5.01 Å². The maximum atomic E-state index is 6.46. The number of likely N-dealkylation sites (N-methyl/N-ethyl adjacent to an activating group) is 1. The second-order valence-electron chi connectivity index (χ2n) is 4.66. The predicted molar refractivity (Wildman–Crippen MR) is 64.2 cm³/mol. The molecule has 1 aromatic heterocycles. The molecule has 1 aliphatic rings. The molecule has 2 heterocycles. The molecule has 4 heteroatoms. The van der Waals surface area contributed by atoms with Crippen LogP contribution in [0.25, 0.3) is 0 Å². The lowest BCUT2D eigenvalue weighted by molar-refractivity contribution is 0.179. The van der Waals surface area contributed by atoms with Crippen LogP contribution >= 0.6 is 11.3 Å². The van der Waals surface area contributed by atoms with Crippen molar-refractivity contribution in [2.45, 2.75) is 32.2 Å². The van der Waals surface area contributed by atoms with Gasteiger partial charge in [0, 0.05) is 11.4 Å². The Kier molecular flexibility index (Phi) is 2.83. The molecule has 0 spiro atoms. The summed E-state index contributed by atoms with van der Waals surface area (Å²) in [5.41, 5.74) is 7.38. The van der Waals surface area contributed by atoms with Crippen molar-refractivity contribution in [1.29, 1.82) is 0 Å². The van der Waals surface area contributed by atoms with Crippen molar-refractivity contribution in [1.82, 2.24) is 9.88 Å². The van der Waals surface area contributed by atoms with Crippen LogP contribution in [0.15, 0.2) is 0 Å². The SMILES string of the molecule is Cc1nc(C2(N)CCCN(C)C2)sc1C. The number of piperidine rings is 1. The zero-order valence-corrected chi connectivity index (χ0v) is 10.5. The number of aromatic nitrogens is 1. The second-order valence-corrected chi connectivity index (χ2v) is 5.86. The molecule has 0 amide bonds. The fourth-order valence-electron chi connectivity index (χ4n) is 2.16. The van der Waals surface area contributed by atoms with Crippen molar-refractivity contribution in [3.05, 3.63) is 15.6 Å². The number of hydrogen-bond donors (Lipinski definition) is 1. The molecule has 1 unspecified atom stereocenters. The van der Waals surface area contributed by atoms with Crippen LogP contribution in [-0.2, 0) is 5.54 Å². The Labute approximate surface area is 95.3 Å². The van der Waals surface area contributed by atoms with Gasteiger partial charge in [0.25, 0.3) is 0 Å². The van der Waals surface area contributed by atoms with Crippen LogP contribution in [0.5, 0.6) is 0 Å². The Hall–Kier alpha value is -0.450. The van der Waals surface area contributed by atoms with E-state index in [4.69, 9.17) is 5.73 Å². The highest BCUT2D eigenvalue weighted by Crippen LogP contribution is 2.32. The summed E-state index contributed by atoms with van der Waals surface area (Å²) in [5.74, 6) is 0. The van der Waals surface area contributed by atoms with E-state index in [0.29, 0.717) is 0 Å². The molecule has 84 valence electrons. The maximum Gasteiger partial charge on any atom is 0.114 e. The summed E-state index contributed by atoms with van der Waals surface area (Å²) in [5, 5.41) is 1.11. The van der Waals surface area contributed by atoms with E-state index >= 15 is 0 Å². The number of aryl methyl sites for hydroxylation is 2. The highest BCUT2D eigenvalue weighted by atomic mass is 32.1. The molecule has 1 saturated heterocycles. The van der Waals surface area contributed by atoms with Gasteiger partial charge in [-0.2, -0.15) is 0 Å². The molecule has 0 aromatic carbocycles. The summed E-state index contributed by atoms with van der Waals surface area (Å²) >= 11 is 1.76. The van der Waals surface area contributed by atoms with E-state index in [2.05, 4.69) is 30.8 Å².